The van der Waals surface area contributed by atoms with Crippen molar-refractivity contribution >= 4 is 39.4 Å². The number of amides is 1. The van der Waals surface area contributed by atoms with Gasteiger partial charge in [-0.3, -0.25) is 4.79 Å². The maximum absolute atomic E-state index is 12.9. The van der Waals surface area contributed by atoms with E-state index in [4.69, 9.17) is 21.1 Å². The van der Waals surface area contributed by atoms with Crippen LogP contribution in [0.4, 0.5) is 4.39 Å². The molecule has 0 unspecified atom stereocenters. The molecule has 2 aromatic rings. The molecule has 0 bridgehead atoms. The van der Waals surface area contributed by atoms with Gasteiger partial charge < -0.3 is 14.8 Å². The van der Waals surface area contributed by atoms with Crippen LogP contribution in [0.25, 0.3) is 0 Å². The number of ether oxygens (including phenoxy) is 2. The zero-order valence-corrected chi connectivity index (χ0v) is 15.3. The highest BCUT2D eigenvalue weighted by Crippen LogP contribution is 2.25. The minimum Gasteiger partial charge on any atom is -0.481 e. The van der Waals surface area contributed by atoms with E-state index in [0.29, 0.717) is 21.8 Å². The minimum absolute atomic E-state index is 0.297. The monoisotopic (exact) mass is 429 g/mol. The van der Waals surface area contributed by atoms with Crippen molar-refractivity contribution in [3.05, 3.63) is 63.3 Å². The first-order valence-electron chi connectivity index (χ1n) is 7.18. The summed E-state index contributed by atoms with van der Waals surface area (Å²) in [4.78, 5) is 23.2. The van der Waals surface area contributed by atoms with Crippen LogP contribution in [0, 0.1) is 5.82 Å². The number of carbonyl (C=O) groups is 2. The summed E-state index contributed by atoms with van der Waals surface area (Å²) in [6.45, 7) is -0.512. The SMILES string of the molecule is O=C(COC(=O)COc1ccc(F)cc1Br)NCc1ccc(Cl)cc1. The van der Waals surface area contributed by atoms with Gasteiger partial charge in [0.1, 0.15) is 11.6 Å². The van der Waals surface area contributed by atoms with Crippen LogP contribution >= 0.6 is 27.5 Å². The number of nitrogens with one attached hydrogen (secondary N) is 1. The van der Waals surface area contributed by atoms with Crippen molar-refractivity contribution in [3.8, 4) is 5.75 Å². The molecule has 0 aliphatic carbocycles. The molecule has 0 heterocycles. The van der Waals surface area contributed by atoms with Crippen LogP contribution in [-0.4, -0.2) is 25.1 Å². The third-order valence-corrected chi connectivity index (χ3v) is 3.88. The average Bonchev–Trinajstić information content (AvgIpc) is 2.58. The normalized spacial score (nSPS) is 10.2. The second kappa shape index (κ2) is 9.39. The van der Waals surface area contributed by atoms with Crippen LogP contribution in [0.2, 0.25) is 5.02 Å². The number of benzene rings is 2. The lowest BCUT2D eigenvalue weighted by molar-refractivity contribution is -0.150. The fourth-order valence-corrected chi connectivity index (χ4v) is 2.36. The Morgan fingerprint density at radius 2 is 1.84 bits per heavy atom. The van der Waals surface area contributed by atoms with Crippen molar-refractivity contribution in [2.75, 3.05) is 13.2 Å². The number of carbonyl (C=O) groups excluding carboxylic acids is 2. The van der Waals surface area contributed by atoms with Gasteiger partial charge in [-0.15, -0.1) is 0 Å². The van der Waals surface area contributed by atoms with Gasteiger partial charge in [-0.1, -0.05) is 23.7 Å². The van der Waals surface area contributed by atoms with Gasteiger partial charge in [0.15, 0.2) is 13.2 Å². The predicted octanol–water partition coefficient (Wildman–Crippen LogP) is 3.48. The Labute approximate surface area is 157 Å². The third-order valence-electron chi connectivity index (χ3n) is 3.01. The second-order valence-corrected chi connectivity index (χ2v) is 6.22. The van der Waals surface area contributed by atoms with Gasteiger partial charge in [0, 0.05) is 11.6 Å². The van der Waals surface area contributed by atoms with Crippen LogP contribution in [0.15, 0.2) is 46.9 Å². The van der Waals surface area contributed by atoms with Crippen LogP contribution in [-0.2, 0) is 20.9 Å². The number of hydrogen-bond donors (Lipinski definition) is 1. The molecule has 0 aliphatic rings. The molecule has 0 radical (unpaired) electrons. The largest absolute Gasteiger partial charge is 0.481 e. The summed E-state index contributed by atoms with van der Waals surface area (Å²) in [5, 5.41) is 3.22. The Morgan fingerprint density at radius 1 is 1.12 bits per heavy atom. The fourth-order valence-electron chi connectivity index (χ4n) is 1.77. The van der Waals surface area contributed by atoms with Crippen LogP contribution in [0.3, 0.4) is 0 Å². The topological polar surface area (TPSA) is 64.6 Å². The minimum atomic E-state index is -0.710. The smallest absolute Gasteiger partial charge is 0.344 e. The highest BCUT2D eigenvalue weighted by molar-refractivity contribution is 9.10. The number of halogens is 3. The van der Waals surface area contributed by atoms with Crippen molar-refractivity contribution < 1.29 is 23.5 Å². The maximum atomic E-state index is 12.9. The third kappa shape index (κ3) is 6.72. The van der Waals surface area contributed by atoms with E-state index in [2.05, 4.69) is 21.2 Å². The average molecular weight is 431 g/mol. The molecule has 0 saturated carbocycles. The Bertz CT molecular complexity index is 755. The molecule has 0 fully saturated rings. The lowest BCUT2D eigenvalue weighted by Gasteiger charge is -2.09. The number of esters is 1. The Morgan fingerprint density at radius 3 is 2.52 bits per heavy atom. The lowest BCUT2D eigenvalue weighted by atomic mass is 10.2. The summed E-state index contributed by atoms with van der Waals surface area (Å²) in [7, 11) is 0. The van der Waals surface area contributed by atoms with Crippen LogP contribution in [0.5, 0.6) is 5.75 Å². The van der Waals surface area contributed by atoms with Crippen molar-refractivity contribution in [3.63, 3.8) is 0 Å². The van der Waals surface area contributed by atoms with Crippen molar-refractivity contribution in [2.24, 2.45) is 0 Å². The molecule has 1 N–H and O–H groups in total. The Balaban J connectivity index is 1.68. The molecule has 8 heteroatoms. The Kier molecular flexibility index (Phi) is 7.21. The van der Waals surface area contributed by atoms with E-state index in [1.54, 1.807) is 24.3 Å². The molecule has 25 heavy (non-hydrogen) atoms. The highest BCUT2D eigenvalue weighted by atomic mass is 79.9. The summed E-state index contributed by atoms with van der Waals surface area (Å²) in [5.74, 6) is -1.28. The molecular weight excluding hydrogens is 417 g/mol. The molecule has 0 saturated heterocycles. The van der Waals surface area contributed by atoms with Gasteiger partial charge in [0.25, 0.3) is 5.91 Å². The summed E-state index contributed by atoms with van der Waals surface area (Å²) in [6, 6.07) is 10.8. The first-order chi connectivity index (χ1) is 11.9. The molecule has 2 aromatic carbocycles. The first kappa shape index (κ1) is 19.2. The van der Waals surface area contributed by atoms with E-state index in [1.165, 1.54) is 18.2 Å². The molecule has 0 aromatic heterocycles. The van der Waals surface area contributed by atoms with E-state index >= 15 is 0 Å². The van der Waals surface area contributed by atoms with Crippen molar-refractivity contribution in [1.29, 1.82) is 0 Å². The van der Waals surface area contributed by atoms with Gasteiger partial charge in [0.2, 0.25) is 0 Å². The standard InChI is InChI=1S/C17H14BrClFNO4/c18-14-7-13(20)5-6-15(14)24-10-17(23)25-9-16(22)21-8-11-1-3-12(19)4-2-11/h1-7H,8-10H2,(H,21,22). The van der Waals surface area contributed by atoms with Gasteiger partial charge in [0.05, 0.1) is 4.47 Å². The quantitative estimate of drug-likeness (QED) is 0.683. The maximum Gasteiger partial charge on any atom is 0.344 e. The Hall–Kier alpha value is -2.12. The molecule has 5 nitrogen and oxygen atoms in total. The van der Waals surface area contributed by atoms with Gasteiger partial charge in [-0.05, 0) is 51.8 Å². The molecule has 2 rings (SSSR count). The van der Waals surface area contributed by atoms with E-state index < -0.39 is 30.9 Å². The molecule has 0 atom stereocenters. The molecule has 0 aliphatic heterocycles. The van der Waals surface area contributed by atoms with Crippen molar-refractivity contribution in [2.45, 2.75) is 6.54 Å². The summed E-state index contributed by atoms with van der Waals surface area (Å²) in [6.07, 6.45) is 0. The zero-order chi connectivity index (χ0) is 18.2. The van der Waals surface area contributed by atoms with Gasteiger partial charge >= 0.3 is 5.97 Å². The lowest BCUT2D eigenvalue weighted by Crippen LogP contribution is -2.29. The van der Waals surface area contributed by atoms with E-state index in [-0.39, 0.29) is 0 Å². The van der Waals surface area contributed by atoms with Gasteiger partial charge in [-0.25, -0.2) is 9.18 Å². The highest BCUT2D eigenvalue weighted by Gasteiger charge is 2.10. The number of hydrogen-bond acceptors (Lipinski definition) is 4. The first-order valence-corrected chi connectivity index (χ1v) is 8.36. The second-order valence-electron chi connectivity index (χ2n) is 4.93. The molecule has 0 spiro atoms. The molecular formula is C17H14BrClFNO4. The summed E-state index contributed by atoms with van der Waals surface area (Å²) >= 11 is 8.89. The van der Waals surface area contributed by atoms with E-state index in [9.17, 15) is 14.0 Å². The van der Waals surface area contributed by atoms with Crippen molar-refractivity contribution in [1.82, 2.24) is 5.32 Å². The van der Waals surface area contributed by atoms with Crippen LogP contribution < -0.4 is 10.1 Å². The van der Waals surface area contributed by atoms with E-state index in [1.807, 2.05) is 0 Å². The fraction of sp³-hybridized carbons (Fsp3) is 0.176. The van der Waals surface area contributed by atoms with Gasteiger partial charge in [-0.2, -0.15) is 0 Å². The molecule has 1 amide bonds. The van der Waals surface area contributed by atoms with Crippen LogP contribution in [0.1, 0.15) is 5.56 Å². The molecule has 132 valence electrons. The number of rotatable bonds is 7. The summed E-state index contributed by atoms with van der Waals surface area (Å²) in [5.41, 5.74) is 0.869. The van der Waals surface area contributed by atoms with E-state index in [0.717, 1.165) is 5.56 Å². The zero-order valence-electron chi connectivity index (χ0n) is 12.9. The predicted molar refractivity (Wildman–Crippen MR) is 93.9 cm³/mol. The summed E-state index contributed by atoms with van der Waals surface area (Å²) < 4.78 is 23.3.